The zero-order chi connectivity index (χ0) is 10.6. The van der Waals surface area contributed by atoms with E-state index in [1.54, 1.807) is 0 Å². The molecule has 0 heterocycles. The molecule has 0 N–H and O–H groups in total. The van der Waals surface area contributed by atoms with E-state index in [0.717, 1.165) is 6.42 Å². The number of nitrogens with zero attached hydrogens (tertiary/aromatic N) is 1. The van der Waals surface area contributed by atoms with Crippen LogP contribution in [-0.4, -0.2) is 11.9 Å². The van der Waals surface area contributed by atoms with E-state index in [2.05, 4.69) is 53.1 Å². The summed E-state index contributed by atoms with van der Waals surface area (Å²) < 4.78 is 0. The van der Waals surface area contributed by atoms with Gasteiger partial charge in [-0.1, -0.05) is 32.9 Å². The monoisotopic (exact) mass is 181 g/mol. The van der Waals surface area contributed by atoms with Crippen molar-refractivity contribution in [2.24, 2.45) is 5.41 Å². The molecule has 0 fully saturated rings. The fraction of sp³-hybridized carbons (Fsp3) is 0.667. The summed E-state index contributed by atoms with van der Waals surface area (Å²) in [5.74, 6) is 0. The highest BCUT2D eigenvalue weighted by Crippen LogP contribution is 2.33. The molecule has 0 unspecified atom stereocenters. The predicted octanol–water partition coefficient (Wildman–Crippen LogP) is 3.79. The summed E-state index contributed by atoms with van der Waals surface area (Å²) in [4.78, 5) is 2.12. The van der Waals surface area contributed by atoms with Crippen LogP contribution in [0.2, 0.25) is 0 Å². The minimum Gasteiger partial charge on any atom is -0.355 e. The van der Waals surface area contributed by atoms with Gasteiger partial charge in [0.15, 0.2) is 0 Å². The molecule has 0 aromatic carbocycles. The van der Waals surface area contributed by atoms with Crippen LogP contribution in [0.15, 0.2) is 24.0 Å². The van der Waals surface area contributed by atoms with E-state index in [-0.39, 0.29) is 5.41 Å². The molecule has 76 valence electrons. The molecule has 0 aliphatic heterocycles. The van der Waals surface area contributed by atoms with Crippen molar-refractivity contribution in [1.29, 1.82) is 0 Å². The van der Waals surface area contributed by atoms with Crippen molar-refractivity contribution in [3.63, 3.8) is 0 Å². The molecule has 13 heavy (non-hydrogen) atoms. The Balaban J connectivity index is 5.06. The Morgan fingerprint density at radius 2 is 1.85 bits per heavy atom. The zero-order valence-corrected chi connectivity index (χ0v) is 9.94. The summed E-state index contributed by atoms with van der Waals surface area (Å²) in [5.41, 5.74) is 2.99. The molecule has 0 saturated carbocycles. The van der Waals surface area contributed by atoms with Crippen molar-refractivity contribution in [1.82, 2.24) is 4.90 Å². The second-order valence-corrected chi connectivity index (χ2v) is 4.38. The number of hydrogen-bond acceptors (Lipinski definition) is 1. The molecular weight excluding hydrogens is 158 g/mol. The van der Waals surface area contributed by atoms with Crippen LogP contribution in [0.3, 0.4) is 0 Å². The third-order valence-corrected chi connectivity index (χ3v) is 2.63. The van der Waals surface area contributed by atoms with Gasteiger partial charge >= 0.3 is 0 Å². The van der Waals surface area contributed by atoms with Crippen LogP contribution in [0.4, 0.5) is 0 Å². The van der Waals surface area contributed by atoms with Gasteiger partial charge in [0.05, 0.1) is 0 Å². The van der Waals surface area contributed by atoms with Crippen LogP contribution in [0.5, 0.6) is 0 Å². The molecule has 0 spiro atoms. The van der Waals surface area contributed by atoms with Crippen LogP contribution < -0.4 is 0 Å². The van der Waals surface area contributed by atoms with Gasteiger partial charge in [0.1, 0.15) is 0 Å². The highest BCUT2D eigenvalue weighted by molar-refractivity contribution is 5.18. The Labute approximate surface area is 83.1 Å². The normalized spacial score (nSPS) is 10.9. The Hall–Kier alpha value is -0.720. The molecule has 0 rings (SSSR count). The summed E-state index contributed by atoms with van der Waals surface area (Å²) in [5, 5.41) is 0. The topological polar surface area (TPSA) is 3.24 Å². The molecule has 0 aromatic rings. The first-order valence-corrected chi connectivity index (χ1v) is 4.90. The number of hydrogen-bond donors (Lipinski definition) is 0. The van der Waals surface area contributed by atoms with Crippen LogP contribution in [0, 0.1) is 5.41 Å². The summed E-state index contributed by atoms with van der Waals surface area (Å²) in [6.45, 7) is 14.9. The molecule has 1 nitrogen and oxygen atoms in total. The van der Waals surface area contributed by atoms with Gasteiger partial charge in [-0.25, -0.2) is 0 Å². The molecule has 0 aliphatic rings. The van der Waals surface area contributed by atoms with Crippen molar-refractivity contribution in [2.75, 3.05) is 7.05 Å². The highest BCUT2D eigenvalue weighted by atomic mass is 15.1. The van der Waals surface area contributed by atoms with Gasteiger partial charge in [-0.2, -0.15) is 0 Å². The van der Waals surface area contributed by atoms with Crippen molar-refractivity contribution in [3.8, 4) is 0 Å². The zero-order valence-electron chi connectivity index (χ0n) is 9.94. The van der Waals surface area contributed by atoms with E-state index in [1.807, 2.05) is 6.20 Å². The Kier molecular flexibility index (Phi) is 4.25. The van der Waals surface area contributed by atoms with Crippen LogP contribution >= 0.6 is 0 Å². The van der Waals surface area contributed by atoms with E-state index >= 15 is 0 Å². The van der Waals surface area contributed by atoms with Crippen molar-refractivity contribution in [3.05, 3.63) is 24.0 Å². The van der Waals surface area contributed by atoms with Gasteiger partial charge in [0.25, 0.3) is 0 Å². The molecular formula is C12H23N. The Morgan fingerprint density at radius 3 is 2.08 bits per heavy atom. The first-order chi connectivity index (χ1) is 5.86. The quantitative estimate of drug-likeness (QED) is 0.637. The lowest BCUT2D eigenvalue weighted by Gasteiger charge is -2.34. The lowest BCUT2D eigenvalue weighted by atomic mass is 9.83. The largest absolute Gasteiger partial charge is 0.355 e. The minimum absolute atomic E-state index is 0.238. The van der Waals surface area contributed by atoms with E-state index < -0.39 is 0 Å². The lowest BCUT2D eigenvalue weighted by Crippen LogP contribution is -2.25. The van der Waals surface area contributed by atoms with Crippen LogP contribution in [0.1, 0.15) is 41.0 Å². The van der Waals surface area contributed by atoms with Crippen molar-refractivity contribution >= 4 is 0 Å². The SMILES string of the molecule is C=CN(C)C(=C(C)C)C(C)(C)CC. The average Bonchev–Trinajstić information content (AvgIpc) is 2.03. The van der Waals surface area contributed by atoms with Gasteiger partial charge in [-0.15, -0.1) is 0 Å². The number of allylic oxidation sites excluding steroid dienone is 2. The smallest absolute Gasteiger partial charge is 0.0213 e. The molecule has 0 aromatic heterocycles. The fourth-order valence-electron chi connectivity index (χ4n) is 1.77. The van der Waals surface area contributed by atoms with Crippen molar-refractivity contribution < 1.29 is 0 Å². The fourth-order valence-corrected chi connectivity index (χ4v) is 1.77. The summed E-state index contributed by atoms with van der Waals surface area (Å²) in [7, 11) is 2.06. The predicted molar refractivity (Wildman–Crippen MR) is 60.4 cm³/mol. The Morgan fingerprint density at radius 1 is 1.38 bits per heavy atom. The maximum atomic E-state index is 3.80. The number of rotatable bonds is 4. The second-order valence-electron chi connectivity index (χ2n) is 4.38. The maximum Gasteiger partial charge on any atom is 0.0213 e. The Bertz CT molecular complexity index is 207. The lowest BCUT2D eigenvalue weighted by molar-refractivity contribution is 0.330. The third-order valence-electron chi connectivity index (χ3n) is 2.63. The van der Waals surface area contributed by atoms with Crippen LogP contribution in [0.25, 0.3) is 0 Å². The average molecular weight is 181 g/mol. The molecule has 0 bridgehead atoms. The van der Waals surface area contributed by atoms with E-state index in [1.165, 1.54) is 11.3 Å². The van der Waals surface area contributed by atoms with Crippen molar-refractivity contribution in [2.45, 2.75) is 41.0 Å². The standard InChI is InChI=1S/C12H23N/c1-8-12(5,6)11(10(3)4)13(7)9-2/h9H,2,8H2,1,3-7H3. The maximum absolute atomic E-state index is 3.80. The first-order valence-electron chi connectivity index (χ1n) is 4.90. The summed E-state index contributed by atoms with van der Waals surface area (Å²) >= 11 is 0. The molecule has 0 saturated heterocycles. The molecule has 0 amide bonds. The van der Waals surface area contributed by atoms with E-state index in [9.17, 15) is 0 Å². The molecule has 1 heteroatoms. The van der Waals surface area contributed by atoms with E-state index in [0.29, 0.717) is 0 Å². The summed E-state index contributed by atoms with van der Waals surface area (Å²) in [6.07, 6.45) is 3.02. The van der Waals surface area contributed by atoms with Crippen LogP contribution in [-0.2, 0) is 0 Å². The molecule has 0 atom stereocenters. The minimum atomic E-state index is 0.238. The van der Waals surface area contributed by atoms with Gasteiger partial charge < -0.3 is 4.90 Å². The molecule has 0 aliphatic carbocycles. The highest BCUT2D eigenvalue weighted by Gasteiger charge is 2.24. The summed E-state index contributed by atoms with van der Waals surface area (Å²) in [6, 6.07) is 0. The third kappa shape index (κ3) is 2.91. The van der Waals surface area contributed by atoms with Gasteiger partial charge in [-0.3, -0.25) is 0 Å². The van der Waals surface area contributed by atoms with Gasteiger partial charge in [0.2, 0.25) is 0 Å². The molecule has 0 radical (unpaired) electrons. The van der Waals surface area contributed by atoms with Gasteiger partial charge in [-0.05, 0) is 26.5 Å². The van der Waals surface area contributed by atoms with Gasteiger partial charge in [0, 0.05) is 18.2 Å². The van der Waals surface area contributed by atoms with E-state index in [4.69, 9.17) is 0 Å². The second kappa shape index (κ2) is 4.50. The first kappa shape index (κ1) is 12.3.